The van der Waals surface area contributed by atoms with Crippen molar-refractivity contribution in [2.75, 3.05) is 26.2 Å². The van der Waals surface area contributed by atoms with Gasteiger partial charge in [-0.25, -0.2) is 4.79 Å². The highest BCUT2D eigenvalue weighted by molar-refractivity contribution is 5.94. The van der Waals surface area contributed by atoms with Gasteiger partial charge in [0.1, 0.15) is 0 Å². The molecule has 1 heterocycles. The fraction of sp³-hybridized carbons (Fsp3) is 0.600. The summed E-state index contributed by atoms with van der Waals surface area (Å²) in [6.45, 7) is 10.8. The molecule has 138 valence electrons. The Labute approximate surface area is 151 Å². The fourth-order valence-corrected chi connectivity index (χ4v) is 3.10. The number of hydrogen-bond acceptors (Lipinski definition) is 2. The smallest absolute Gasteiger partial charge is 0.317 e. The Morgan fingerprint density at radius 3 is 2.16 bits per heavy atom. The highest BCUT2D eigenvalue weighted by Crippen LogP contribution is 2.13. The van der Waals surface area contributed by atoms with Gasteiger partial charge in [-0.2, -0.15) is 0 Å². The number of nitrogens with zero attached hydrogens (tertiary/aromatic N) is 2. The van der Waals surface area contributed by atoms with E-state index in [1.807, 2.05) is 43.0 Å². The Hall–Kier alpha value is -2.04. The lowest BCUT2D eigenvalue weighted by molar-refractivity contribution is 0.0762. The van der Waals surface area contributed by atoms with Crippen molar-refractivity contribution < 1.29 is 9.59 Å². The molecule has 1 aromatic rings. The number of hydrogen-bond donors (Lipinski definition) is 1. The molecule has 1 aliphatic heterocycles. The predicted molar refractivity (Wildman–Crippen MR) is 101 cm³/mol. The van der Waals surface area contributed by atoms with Crippen LogP contribution in [0, 0.1) is 5.92 Å². The lowest BCUT2D eigenvalue weighted by Gasteiger charge is -2.23. The highest BCUT2D eigenvalue weighted by atomic mass is 16.2. The number of rotatable bonds is 4. The van der Waals surface area contributed by atoms with Crippen molar-refractivity contribution in [3.05, 3.63) is 35.4 Å². The third-order valence-corrected chi connectivity index (χ3v) is 4.33. The topological polar surface area (TPSA) is 52.7 Å². The molecular formula is C20H31N3O2. The Bertz CT molecular complexity index is 581. The minimum atomic E-state index is -0.0395. The van der Waals surface area contributed by atoms with Crippen LogP contribution in [0.5, 0.6) is 0 Å². The molecule has 3 amide bonds. The van der Waals surface area contributed by atoms with Crippen LogP contribution in [0.25, 0.3) is 0 Å². The second-order valence-corrected chi connectivity index (χ2v) is 7.53. The summed E-state index contributed by atoms with van der Waals surface area (Å²) in [6.07, 6.45) is 1.83. The average molecular weight is 345 g/mol. The lowest BCUT2D eigenvalue weighted by atomic mass is 10.0. The zero-order valence-electron chi connectivity index (χ0n) is 15.9. The van der Waals surface area contributed by atoms with E-state index in [9.17, 15) is 9.59 Å². The number of carbonyl (C=O) groups excluding carboxylic acids is 2. The first-order valence-corrected chi connectivity index (χ1v) is 9.30. The summed E-state index contributed by atoms with van der Waals surface area (Å²) in [5.41, 5.74) is 1.99. The molecule has 0 unspecified atom stereocenters. The van der Waals surface area contributed by atoms with Crippen LogP contribution < -0.4 is 5.32 Å². The molecule has 2 rings (SSSR count). The van der Waals surface area contributed by atoms with Gasteiger partial charge in [-0.05, 0) is 50.3 Å². The molecule has 0 saturated carbocycles. The van der Waals surface area contributed by atoms with E-state index in [4.69, 9.17) is 0 Å². The zero-order chi connectivity index (χ0) is 18.4. The number of carbonyl (C=O) groups is 2. The Balaban J connectivity index is 1.95. The van der Waals surface area contributed by atoms with E-state index in [2.05, 4.69) is 19.2 Å². The normalized spacial score (nSPS) is 15.4. The molecule has 1 N–H and O–H groups in total. The van der Waals surface area contributed by atoms with Crippen LogP contribution in [0.2, 0.25) is 0 Å². The monoisotopic (exact) mass is 345 g/mol. The van der Waals surface area contributed by atoms with Crippen LogP contribution in [-0.2, 0) is 6.42 Å². The first-order valence-electron chi connectivity index (χ1n) is 9.30. The predicted octanol–water partition coefficient (Wildman–Crippen LogP) is 3.15. The van der Waals surface area contributed by atoms with E-state index in [0.29, 0.717) is 32.1 Å². The summed E-state index contributed by atoms with van der Waals surface area (Å²) in [4.78, 5) is 28.6. The van der Waals surface area contributed by atoms with E-state index in [1.54, 1.807) is 4.90 Å². The quantitative estimate of drug-likeness (QED) is 0.911. The maximum atomic E-state index is 12.7. The molecule has 0 radical (unpaired) electrons. The first-order chi connectivity index (χ1) is 11.9. The molecule has 1 aromatic carbocycles. The molecule has 1 fully saturated rings. The Morgan fingerprint density at radius 2 is 1.56 bits per heavy atom. The van der Waals surface area contributed by atoms with E-state index in [0.717, 1.165) is 18.4 Å². The van der Waals surface area contributed by atoms with Crippen molar-refractivity contribution in [2.24, 2.45) is 5.92 Å². The van der Waals surface area contributed by atoms with Crippen LogP contribution in [0.3, 0.4) is 0 Å². The lowest BCUT2D eigenvalue weighted by Crippen LogP contribution is -2.44. The number of benzene rings is 1. The van der Waals surface area contributed by atoms with Crippen LogP contribution >= 0.6 is 0 Å². The summed E-state index contributed by atoms with van der Waals surface area (Å²) in [5, 5.41) is 2.92. The number of amides is 3. The standard InChI is InChI=1S/C20H31N3O2/c1-15(2)14-17-6-8-18(9-7-17)19(24)22-10-5-11-23(13-12-22)20(25)21-16(3)4/h6-9,15-16H,5,10-14H2,1-4H3,(H,21,25). The van der Waals surface area contributed by atoms with Gasteiger partial charge >= 0.3 is 6.03 Å². The van der Waals surface area contributed by atoms with Crippen molar-refractivity contribution in [2.45, 2.75) is 46.6 Å². The van der Waals surface area contributed by atoms with Crippen molar-refractivity contribution in [3.8, 4) is 0 Å². The van der Waals surface area contributed by atoms with E-state index >= 15 is 0 Å². The maximum absolute atomic E-state index is 12.7. The summed E-state index contributed by atoms with van der Waals surface area (Å²) in [5.74, 6) is 0.664. The molecule has 1 aliphatic rings. The van der Waals surface area contributed by atoms with E-state index in [1.165, 1.54) is 5.56 Å². The summed E-state index contributed by atoms with van der Waals surface area (Å²) in [6, 6.07) is 8.03. The third kappa shape index (κ3) is 5.76. The van der Waals surface area contributed by atoms with Crippen molar-refractivity contribution in [3.63, 3.8) is 0 Å². The maximum Gasteiger partial charge on any atom is 0.317 e. The fourth-order valence-electron chi connectivity index (χ4n) is 3.10. The second-order valence-electron chi connectivity index (χ2n) is 7.53. The molecule has 0 aliphatic carbocycles. The Kier molecular flexibility index (Phi) is 6.85. The molecule has 25 heavy (non-hydrogen) atoms. The largest absolute Gasteiger partial charge is 0.337 e. The van der Waals surface area contributed by atoms with Gasteiger partial charge in [-0.3, -0.25) is 4.79 Å². The third-order valence-electron chi connectivity index (χ3n) is 4.33. The van der Waals surface area contributed by atoms with Gasteiger partial charge in [0.05, 0.1) is 0 Å². The van der Waals surface area contributed by atoms with Gasteiger partial charge in [-0.1, -0.05) is 26.0 Å². The molecule has 1 saturated heterocycles. The van der Waals surface area contributed by atoms with Gasteiger partial charge in [0.25, 0.3) is 5.91 Å². The van der Waals surface area contributed by atoms with Crippen LogP contribution in [0.4, 0.5) is 4.79 Å². The van der Waals surface area contributed by atoms with Crippen LogP contribution in [-0.4, -0.2) is 54.0 Å². The minimum Gasteiger partial charge on any atom is -0.337 e. The van der Waals surface area contributed by atoms with E-state index < -0.39 is 0 Å². The van der Waals surface area contributed by atoms with Gasteiger partial charge < -0.3 is 15.1 Å². The second kappa shape index (κ2) is 8.88. The summed E-state index contributed by atoms with van der Waals surface area (Å²) < 4.78 is 0. The molecule has 0 bridgehead atoms. The van der Waals surface area contributed by atoms with Gasteiger partial charge in [0.15, 0.2) is 0 Å². The highest BCUT2D eigenvalue weighted by Gasteiger charge is 2.23. The number of urea groups is 1. The van der Waals surface area contributed by atoms with Crippen molar-refractivity contribution in [1.82, 2.24) is 15.1 Å². The minimum absolute atomic E-state index is 0.0395. The van der Waals surface area contributed by atoms with E-state index in [-0.39, 0.29) is 18.0 Å². The molecule has 0 spiro atoms. The SMILES string of the molecule is CC(C)Cc1ccc(C(=O)N2CCCN(C(=O)NC(C)C)CC2)cc1. The van der Waals surface area contributed by atoms with Crippen LogP contribution in [0.15, 0.2) is 24.3 Å². The van der Waals surface area contributed by atoms with Crippen molar-refractivity contribution >= 4 is 11.9 Å². The number of nitrogens with one attached hydrogen (secondary N) is 1. The summed E-state index contributed by atoms with van der Waals surface area (Å²) in [7, 11) is 0. The van der Waals surface area contributed by atoms with Gasteiger partial charge in [-0.15, -0.1) is 0 Å². The van der Waals surface area contributed by atoms with Gasteiger partial charge in [0.2, 0.25) is 0 Å². The Morgan fingerprint density at radius 1 is 0.960 bits per heavy atom. The van der Waals surface area contributed by atoms with Crippen LogP contribution in [0.1, 0.15) is 50.0 Å². The first kappa shape index (κ1) is 19.3. The molecule has 5 nitrogen and oxygen atoms in total. The average Bonchev–Trinajstić information content (AvgIpc) is 2.80. The van der Waals surface area contributed by atoms with Crippen molar-refractivity contribution in [1.29, 1.82) is 0 Å². The molecular weight excluding hydrogens is 314 g/mol. The van der Waals surface area contributed by atoms with Gasteiger partial charge in [0, 0.05) is 37.8 Å². The molecule has 0 atom stereocenters. The zero-order valence-corrected chi connectivity index (χ0v) is 15.9. The summed E-state index contributed by atoms with van der Waals surface area (Å²) >= 11 is 0. The molecule has 0 aromatic heterocycles. The molecule has 5 heteroatoms.